The van der Waals surface area contributed by atoms with Gasteiger partial charge in [0.2, 0.25) is 0 Å². The van der Waals surface area contributed by atoms with Gasteiger partial charge in [0.05, 0.1) is 11.9 Å². The lowest BCUT2D eigenvalue weighted by atomic mass is 10.1. The second kappa shape index (κ2) is 5.63. The maximum absolute atomic E-state index is 12.5. The summed E-state index contributed by atoms with van der Waals surface area (Å²) in [5.74, 6) is 0.0288. The Morgan fingerprint density at radius 3 is 2.43 bits per heavy atom. The van der Waals surface area contributed by atoms with E-state index in [1.165, 1.54) is 0 Å². The molecule has 0 radical (unpaired) electrons. The number of carbonyl (C=O) groups is 1. The van der Waals surface area contributed by atoms with Gasteiger partial charge in [-0.05, 0) is 35.9 Å². The van der Waals surface area contributed by atoms with E-state index in [-0.39, 0.29) is 5.78 Å². The summed E-state index contributed by atoms with van der Waals surface area (Å²) in [6, 6.07) is 18.7. The van der Waals surface area contributed by atoms with Crippen molar-refractivity contribution in [1.29, 1.82) is 0 Å². The number of nitrogen functional groups attached to an aromatic ring is 1. The molecule has 3 aromatic rings. The van der Waals surface area contributed by atoms with Crippen LogP contribution in [-0.2, 0) is 6.42 Å². The van der Waals surface area contributed by atoms with E-state index >= 15 is 0 Å². The first kappa shape index (κ1) is 13.1. The molecule has 21 heavy (non-hydrogen) atoms. The Hall–Kier alpha value is -2.88. The standard InChI is InChI=1S/C17H15N3O/c18-14-8-6-13(7-9-14)12-17(21)16-10-11-19-20(16)15-4-2-1-3-5-15/h1-11H,12,18H2. The second-order valence-electron chi connectivity index (χ2n) is 4.81. The van der Waals surface area contributed by atoms with E-state index in [4.69, 9.17) is 5.73 Å². The number of hydrogen-bond donors (Lipinski definition) is 1. The fraction of sp³-hybridized carbons (Fsp3) is 0.0588. The molecule has 3 rings (SSSR count). The topological polar surface area (TPSA) is 60.9 Å². The van der Waals surface area contributed by atoms with Crippen molar-refractivity contribution in [3.05, 3.63) is 78.1 Å². The third-order valence-corrected chi connectivity index (χ3v) is 3.27. The zero-order chi connectivity index (χ0) is 14.7. The van der Waals surface area contributed by atoms with Gasteiger partial charge in [0.15, 0.2) is 5.78 Å². The lowest BCUT2D eigenvalue weighted by Gasteiger charge is -2.07. The third-order valence-electron chi connectivity index (χ3n) is 3.27. The zero-order valence-corrected chi connectivity index (χ0v) is 11.4. The molecule has 104 valence electrons. The average Bonchev–Trinajstić information content (AvgIpc) is 3.00. The van der Waals surface area contributed by atoms with E-state index in [0.29, 0.717) is 17.8 Å². The summed E-state index contributed by atoms with van der Waals surface area (Å²) in [5, 5.41) is 4.24. The van der Waals surface area contributed by atoms with Crippen LogP contribution >= 0.6 is 0 Å². The normalized spacial score (nSPS) is 10.5. The van der Waals surface area contributed by atoms with Crippen molar-refractivity contribution in [2.75, 3.05) is 5.73 Å². The maximum atomic E-state index is 12.5. The third kappa shape index (κ3) is 2.84. The molecule has 2 aromatic carbocycles. The van der Waals surface area contributed by atoms with Crippen LogP contribution in [0.2, 0.25) is 0 Å². The number of rotatable bonds is 4. The highest BCUT2D eigenvalue weighted by Gasteiger charge is 2.13. The van der Waals surface area contributed by atoms with Gasteiger partial charge in [0.1, 0.15) is 5.69 Å². The number of nitrogens with two attached hydrogens (primary N) is 1. The lowest BCUT2D eigenvalue weighted by Crippen LogP contribution is -2.11. The van der Waals surface area contributed by atoms with E-state index < -0.39 is 0 Å². The van der Waals surface area contributed by atoms with E-state index in [9.17, 15) is 4.79 Å². The molecule has 0 saturated heterocycles. The molecule has 0 spiro atoms. The van der Waals surface area contributed by atoms with Crippen LogP contribution in [0.25, 0.3) is 5.69 Å². The molecule has 0 unspecified atom stereocenters. The van der Waals surface area contributed by atoms with Crippen molar-refractivity contribution in [3.63, 3.8) is 0 Å². The first-order valence-electron chi connectivity index (χ1n) is 6.71. The molecule has 1 aromatic heterocycles. The molecule has 0 saturated carbocycles. The average molecular weight is 277 g/mol. The van der Waals surface area contributed by atoms with Gasteiger partial charge in [-0.15, -0.1) is 0 Å². The molecule has 0 fully saturated rings. The minimum absolute atomic E-state index is 0.0288. The highest BCUT2D eigenvalue weighted by atomic mass is 16.1. The molecule has 0 bridgehead atoms. The largest absolute Gasteiger partial charge is 0.399 e. The van der Waals surface area contributed by atoms with Crippen molar-refractivity contribution in [2.24, 2.45) is 0 Å². The quantitative estimate of drug-likeness (QED) is 0.589. The van der Waals surface area contributed by atoms with Crippen molar-refractivity contribution in [2.45, 2.75) is 6.42 Å². The Morgan fingerprint density at radius 1 is 1.00 bits per heavy atom. The number of anilines is 1. The summed E-state index contributed by atoms with van der Waals surface area (Å²) in [5.41, 5.74) is 8.75. The Bertz CT molecular complexity index is 745. The summed E-state index contributed by atoms with van der Waals surface area (Å²) >= 11 is 0. The Labute approximate surface area is 122 Å². The van der Waals surface area contributed by atoms with E-state index in [1.807, 2.05) is 42.5 Å². The lowest BCUT2D eigenvalue weighted by molar-refractivity contribution is 0.0985. The van der Waals surface area contributed by atoms with E-state index in [2.05, 4.69) is 5.10 Å². The highest BCUT2D eigenvalue weighted by Crippen LogP contribution is 2.14. The number of hydrogen-bond acceptors (Lipinski definition) is 3. The maximum Gasteiger partial charge on any atom is 0.185 e. The molecule has 0 aliphatic rings. The minimum atomic E-state index is 0.0288. The number of carbonyl (C=O) groups excluding carboxylic acids is 1. The van der Waals surface area contributed by atoms with Crippen LogP contribution in [0, 0.1) is 0 Å². The van der Waals surface area contributed by atoms with E-state index in [1.54, 1.807) is 29.1 Å². The molecule has 4 heteroatoms. The smallest absolute Gasteiger partial charge is 0.185 e. The van der Waals surface area contributed by atoms with Crippen LogP contribution in [0.3, 0.4) is 0 Å². The van der Waals surface area contributed by atoms with Crippen molar-refractivity contribution in [1.82, 2.24) is 9.78 Å². The van der Waals surface area contributed by atoms with Gasteiger partial charge in [-0.2, -0.15) is 5.10 Å². The predicted octanol–water partition coefficient (Wildman–Crippen LogP) is 2.88. The molecule has 0 atom stereocenters. The number of benzene rings is 2. The second-order valence-corrected chi connectivity index (χ2v) is 4.81. The molecule has 1 heterocycles. The highest BCUT2D eigenvalue weighted by molar-refractivity contribution is 5.96. The number of ketones is 1. The summed E-state index contributed by atoms with van der Waals surface area (Å²) in [6.45, 7) is 0. The van der Waals surface area contributed by atoms with Gasteiger partial charge in [-0.3, -0.25) is 4.79 Å². The zero-order valence-electron chi connectivity index (χ0n) is 11.4. The van der Waals surface area contributed by atoms with Gasteiger partial charge in [0, 0.05) is 12.1 Å². The summed E-state index contributed by atoms with van der Waals surface area (Å²) in [4.78, 5) is 12.5. The molecule has 4 nitrogen and oxygen atoms in total. The van der Waals surface area contributed by atoms with E-state index in [0.717, 1.165) is 11.3 Å². The first-order valence-corrected chi connectivity index (χ1v) is 6.71. The van der Waals surface area contributed by atoms with Crippen LogP contribution in [0.4, 0.5) is 5.69 Å². The summed E-state index contributed by atoms with van der Waals surface area (Å²) in [7, 11) is 0. The van der Waals surface area contributed by atoms with Crippen LogP contribution in [0.5, 0.6) is 0 Å². The van der Waals surface area contributed by atoms with Crippen molar-refractivity contribution < 1.29 is 4.79 Å². The molecule has 0 amide bonds. The van der Waals surface area contributed by atoms with Crippen LogP contribution < -0.4 is 5.73 Å². The molecular weight excluding hydrogens is 262 g/mol. The molecule has 0 aliphatic heterocycles. The number of Topliss-reactive ketones (excluding diaryl/α,β-unsaturated/α-hetero) is 1. The number of aromatic nitrogens is 2. The summed E-state index contributed by atoms with van der Waals surface area (Å²) < 4.78 is 1.67. The van der Waals surface area contributed by atoms with Crippen LogP contribution in [-0.4, -0.2) is 15.6 Å². The fourth-order valence-electron chi connectivity index (χ4n) is 2.20. The predicted molar refractivity (Wildman–Crippen MR) is 82.5 cm³/mol. The van der Waals surface area contributed by atoms with Gasteiger partial charge >= 0.3 is 0 Å². The van der Waals surface area contributed by atoms with Gasteiger partial charge in [-0.25, -0.2) is 4.68 Å². The Balaban J connectivity index is 1.86. The summed E-state index contributed by atoms with van der Waals surface area (Å²) in [6.07, 6.45) is 1.97. The van der Waals surface area contributed by atoms with Crippen molar-refractivity contribution >= 4 is 11.5 Å². The van der Waals surface area contributed by atoms with Gasteiger partial charge in [0.25, 0.3) is 0 Å². The Morgan fingerprint density at radius 2 is 1.71 bits per heavy atom. The van der Waals surface area contributed by atoms with Crippen LogP contribution in [0.15, 0.2) is 66.9 Å². The minimum Gasteiger partial charge on any atom is -0.399 e. The number of nitrogens with zero attached hydrogens (tertiary/aromatic N) is 2. The first-order chi connectivity index (χ1) is 10.2. The SMILES string of the molecule is Nc1ccc(CC(=O)c2ccnn2-c2ccccc2)cc1. The van der Waals surface area contributed by atoms with Crippen molar-refractivity contribution in [3.8, 4) is 5.69 Å². The molecule has 2 N–H and O–H groups in total. The Kier molecular flexibility index (Phi) is 3.51. The van der Waals surface area contributed by atoms with Crippen LogP contribution in [0.1, 0.15) is 16.1 Å². The molecule has 0 aliphatic carbocycles. The molecular formula is C17H15N3O. The van der Waals surface area contributed by atoms with Gasteiger partial charge in [-0.1, -0.05) is 30.3 Å². The van der Waals surface area contributed by atoms with Gasteiger partial charge < -0.3 is 5.73 Å². The number of para-hydroxylation sites is 1. The monoisotopic (exact) mass is 277 g/mol. The fourth-order valence-corrected chi connectivity index (χ4v) is 2.20.